The molecule has 0 bridgehead atoms. The lowest BCUT2D eigenvalue weighted by Crippen LogP contribution is -2.31. The van der Waals surface area contributed by atoms with E-state index < -0.39 is 18.0 Å². The highest BCUT2D eigenvalue weighted by atomic mass is 16.4. The molecule has 0 radical (unpaired) electrons. The Morgan fingerprint density at radius 1 is 1.22 bits per heavy atom. The molecule has 1 aromatic carbocycles. The van der Waals surface area contributed by atoms with Gasteiger partial charge in [0.05, 0.1) is 0 Å². The molecular weight excluding hydrogens is 348 g/mol. The van der Waals surface area contributed by atoms with E-state index in [0.29, 0.717) is 12.3 Å². The molecule has 1 aromatic heterocycles. The van der Waals surface area contributed by atoms with Crippen molar-refractivity contribution in [2.45, 2.75) is 38.1 Å². The minimum Gasteiger partial charge on any atom is -0.481 e. The van der Waals surface area contributed by atoms with Gasteiger partial charge in [0.2, 0.25) is 0 Å². The van der Waals surface area contributed by atoms with Crippen LogP contribution < -0.4 is 16.0 Å². The van der Waals surface area contributed by atoms with Crippen LogP contribution in [0.1, 0.15) is 36.8 Å². The predicted octanol–water partition coefficient (Wildman–Crippen LogP) is 1.48. The molecule has 2 aromatic rings. The number of carboxylic acids is 1. The Labute approximate surface area is 156 Å². The second-order valence-electron chi connectivity index (χ2n) is 6.89. The van der Waals surface area contributed by atoms with Gasteiger partial charge >= 0.3 is 6.03 Å². The number of carboxylic acid groups (broad SMARTS) is 1. The maximum absolute atomic E-state index is 11.7. The van der Waals surface area contributed by atoms with Crippen LogP contribution in [0.25, 0.3) is 10.9 Å². The Morgan fingerprint density at radius 3 is 2.56 bits per heavy atom. The Bertz CT molecular complexity index is 851. The van der Waals surface area contributed by atoms with Gasteiger partial charge in [-0.05, 0) is 55.1 Å². The fourth-order valence-electron chi connectivity index (χ4n) is 3.63. The van der Waals surface area contributed by atoms with E-state index in [0.717, 1.165) is 43.9 Å². The minimum atomic E-state index is -0.833. The quantitative estimate of drug-likeness (QED) is 0.522. The van der Waals surface area contributed by atoms with Gasteiger partial charge in [0, 0.05) is 30.4 Å². The van der Waals surface area contributed by atoms with Crippen LogP contribution in [0.5, 0.6) is 0 Å². The number of carbonyl (C=O) groups excluding carboxylic acids is 2. The van der Waals surface area contributed by atoms with E-state index in [2.05, 4.69) is 39.3 Å². The number of hydrogen-bond donors (Lipinski definition) is 5. The summed E-state index contributed by atoms with van der Waals surface area (Å²) in [4.78, 5) is 35.3. The summed E-state index contributed by atoms with van der Waals surface area (Å²) in [6.07, 6.45) is 4.94. The van der Waals surface area contributed by atoms with Crippen LogP contribution in [0.2, 0.25) is 0 Å². The standard InChI is InChI=1S/C17H20N4O2.C2H4O2/c22-16-15(20-17(23)21-16)8-10-1-2-14-12(7-10)13(9-19-14)11-3-5-18-6-4-11;1-2(3)4/h1-2,7,9,11,15,18-19H,3-6,8H2,(H2,20,21,22,23);1H3,(H,3,4). The number of amides is 3. The highest BCUT2D eigenvalue weighted by molar-refractivity contribution is 6.04. The average Bonchev–Trinajstić information content (AvgIpc) is 3.18. The van der Waals surface area contributed by atoms with Gasteiger partial charge < -0.3 is 20.7 Å². The Balaban J connectivity index is 0.000000481. The summed E-state index contributed by atoms with van der Waals surface area (Å²) in [6.45, 7) is 3.20. The molecule has 2 aliphatic heterocycles. The number of H-pyrrole nitrogens is 1. The number of aliphatic carboxylic acids is 1. The molecule has 1 unspecified atom stereocenters. The fraction of sp³-hybridized carbons (Fsp3) is 0.421. The first-order valence-electron chi connectivity index (χ1n) is 9.05. The van der Waals surface area contributed by atoms with Crippen LogP contribution in [0, 0.1) is 0 Å². The average molecular weight is 372 g/mol. The Hall–Kier alpha value is -2.87. The molecule has 27 heavy (non-hydrogen) atoms. The van der Waals surface area contributed by atoms with Crippen LogP contribution >= 0.6 is 0 Å². The van der Waals surface area contributed by atoms with Crippen LogP contribution in [-0.4, -0.2) is 47.1 Å². The first-order chi connectivity index (χ1) is 12.9. The third-order valence-corrected chi connectivity index (χ3v) is 4.86. The third kappa shape index (κ3) is 4.65. The van der Waals surface area contributed by atoms with Crippen LogP contribution in [-0.2, 0) is 16.0 Å². The van der Waals surface area contributed by atoms with E-state index in [4.69, 9.17) is 9.90 Å². The van der Waals surface area contributed by atoms with Gasteiger partial charge in [-0.3, -0.25) is 14.9 Å². The van der Waals surface area contributed by atoms with Crippen molar-refractivity contribution in [2.24, 2.45) is 0 Å². The van der Waals surface area contributed by atoms with E-state index in [1.54, 1.807) is 0 Å². The number of fused-ring (bicyclic) bond motifs is 1. The summed E-state index contributed by atoms with van der Waals surface area (Å²) >= 11 is 0. The summed E-state index contributed by atoms with van der Waals surface area (Å²) < 4.78 is 0. The molecule has 0 aliphatic carbocycles. The molecular formula is C19H24N4O4. The lowest BCUT2D eigenvalue weighted by molar-refractivity contribution is -0.134. The summed E-state index contributed by atoms with van der Waals surface area (Å²) in [7, 11) is 0. The number of aromatic amines is 1. The number of carbonyl (C=O) groups is 3. The molecule has 3 heterocycles. The van der Waals surface area contributed by atoms with Crippen molar-refractivity contribution in [3.05, 3.63) is 35.5 Å². The van der Waals surface area contributed by atoms with Gasteiger partial charge in [-0.25, -0.2) is 4.79 Å². The number of rotatable bonds is 3. The third-order valence-electron chi connectivity index (χ3n) is 4.86. The molecule has 2 fully saturated rings. The first-order valence-corrected chi connectivity index (χ1v) is 9.05. The molecule has 5 N–H and O–H groups in total. The van der Waals surface area contributed by atoms with Crippen molar-refractivity contribution < 1.29 is 19.5 Å². The maximum atomic E-state index is 11.7. The molecule has 0 saturated carbocycles. The molecule has 3 amide bonds. The number of imide groups is 1. The molecule has 8 nitrogen and oxygen atoms in total. The highest BCUT2D eigenvalue weighted by Gasteiger charge is 2.29. The van der Waals surface area contributed by atoms with Gasteiger partial charge in [-0.1, -0.05) is 6.07 Å². The molecule has 2 saturated heterocycles. The summed E-state index contributed by atoms with van der Waals surface area (Å²) in [6, 6.07) is 5.35. The zero-order valence-electron chi connectivity index (χ0n) is 15.2. The van der Waals surface area contributed by atoms with E-state index in [1.807, 2.05) is 6.07 Å². The smallest absolute Gasteiger partial charge is 0.322 e. The van der Waals surface area contributed by atoms with Crippen LogP contribution in [0.15, 0.2) is 24.4 Å². The van der Waals surface area contributed by atoms with Gasteiger partial charge in [-0.2, -0.15) is 0 Å². The largest absolute Gasteiger partial charge is 0.481 e. The summed E-state index contributed by atoms with van der Waals surface area (Å²) in [5, 5.41) is 17.0. The van der Waals surface area contributed by atoms with Crippen molar-refractivity contribution in [3.8, 4) is 0 Å². The second-order valence-corrected chi connectivity index (χ2v) is 6.89. The normalized spacial score (nSPS) is 20.0. The molecule has 8 heteroatoms. The van der Waals surface area contributed by atoms with Crippen LogP contribution in [0.3, 0.4) is 0 Å². The zero-order chi connectivity index (χ0) is 19.4. The van der Waals surface area contributed by atoms with Gasteiger partial charge in [0.15, 0.2) is 0 Å². The zero-order valence-corrected chi connectivity index (χ0v) is 15.2. The lowest BCUT2D eigenvalue weighted by Gasteiger charge is -2.22. The number of piperidine rings is 1. The lowest BCUT2D eigenvalue weighted by atomic mass is 9.89. The van der Waals surface area contributed by atoms with Crippen molar-refractivity contribution in [1.82, 2.24) is 20.9 Å². The minimum absolute atomic E-state index is 0.247. The first kappa shape index (κ1) is 18.9. The summed E-state index contributed by atoms with van der Waals surface area (Å²) in [5.41, 5.74) is 3.56. The molecule has 0 spiro atoms. The number of nitrogens with one attached hydrogen (secondary N) is 4. The fourth-order valence-corrected chi connectivity index (χ4v) is 3.63. The molecule has 1 atom stereocenters. The SMILES string of the molecule is CC(=O)O.O=C1NC(=O)C(Cc2ccc3[nH]cc(C4CCNCC4)c3c2)N1. The highest BCUT2D eigenvalue weighted by Crippen LogP contribution is 2.32. The van der Waals surface area contributed by atoms with E-state index >= 15 is 0 Å². The molecule has 144 valence electrons. The molecule has 4 rings (SSSR count). The van der Waals surface area contributed by atoms with Crippen molar-refractivity contribution >= 4 is 28.8 Å². The van der Waals surface area contributed by atoms with Gasteiger partial charge in [0.1, 0.15) is 6.04 Å². The predicted molar refractivity (Wildman–Crippen MR) is 101 cm³/mol. The number of hydrogen-bond acceptors (Lipinski definition) is 4. The molecule has 2 aliphatic rings. The maximum Gasteiger partial charge on any atom is 0.322 e. The van der Waals surface area contributed by atoms with Crippen molar-refractivity contribution in [3.63, 3.8) is 0 Å². The monoisotopic (exact) mass is 372 g/mol. The number of benzene rings is 1. The van der Waals surface area contributed by atoms with Gasteiger partial charge in [0.25, 0.3) is 11.9 Å². The Kier molecular flexibility index (Phi) is 5.75. The topological polar surface area (TPSA) is 123 Å². The summed E-state index contributed by atoms with van der Waals surface area (Å²) in [5.74, 6) is -0.502. The van der Waals surface area contributed by atoms with Crippen molar-refractivity contribution in [1.29, 1.82) is 0 Å². The van der Waals surface area contributed by atoms with Gasteiger partial charge in [-0.15, -0.1) is 0 Å². The second kappa shape index (κ2) is 8.22. The van der Waals surface area contributed by atoms with Crippen molar-refractivity contribution in [2.75, 3.05) is 13.1 Å². The number of aromatic nitrogens is 1. The van der Waals surface area contributed by atoms with E-state index in [1.165, 1.54) is 10.9 Å². The Morgan fingerprint density at radius 2 is 1.93 bits per heavy atom. The number of urea groups is 1. The van der Waals surface area contributed by atoms with Crippen LogP contribution in [0.4, 0.5) is 4.79 Å². The van der Waals surface area contributed by atoms with E-state index in [-0.39, 0.29) is 5.91 Å². The van der Waals surface area contributed by atoms with E-state index in [9.17, 15) is 9.59 Å².